The van der Waals surface area contributed by atoms with E-state index in [1.807, 2.05) is 12.1 Å². The first kappa shape index (κ1) is 36.8. The van der Waals surface area contributed by atoms with Crippen molar-refractivity contribution >= 4 is 82.5 Å². The molecule has 0 N–H and O–H groups in total. The number of rotatable bonds is 6. The Morgan fingerprint density at radius 1 is 0.333 bits per heavy atom. The fourth-order valence-electron chi connectivity index (χ4n) is 11.4. The molecule has 0 amide bonds. The van der Waals surface area contributed by atoms with Gasteiger partial charge < -0.3 is 13.7 Å². The number of anilines is 3. The van der Waals surface area contributed by atoms with Gasteiger partial charge in [-0.3, -0.25) is 0 Å². The molecule has 0 aliphatic heterocycles. The third-order valence-electron chi connectivity index (χ3n) is 14.1. The highest BCUT2D eigenvalue weighted by molar-refractivity contribution is 6.28. The molecule has 11 aromatic carbocycles. The van der Waals surface area contributed by atoms with Gasteiger partial charge in [0.25, 0.3) is 0 Å². The first-order valence-corrected chi connectivity index (χ1v) is 22.7. The average molecular weight is 842 g/mol. The maximum absolute atomic E-state index is 7.28. The minimum atomic E-state index is -0.564. The minimum absolute atomic E-state index is 0.564. The van der Waals surface area contributed by atoms with Gasteiger partial charge in [0, 0.05) is 38.5 Å². The molecule has 0 radical (unpaired) electrons. The van der Waals surface area contributed by atoms with Crippen molar-refractivity contribution < 1.29 is 8.83 Å². The number of nitrogens with zero attached hydrogens (tertiary/aromatic N) is 1. The quantitative estimate of drug-likeness (QED) is 0.156. The van der Waals surface area contributed by atoms with Gasteiger partial charge in [0.2, 0.25) is 0 Å². The average Bonchev–Trinajstić information content (AvgIpc) is 4.05. The Balaban J connectivity index is 1.12. The zero-order chi connectivity index (χ0) is 43.3. The summed E-state index contributed by atoms with van der Waals surface area (Å²) in [5.74, 6) is 0. The Morgan fingerprint density at radius 3 is 1.70 bits per heavy atom. The third-order valence-corrected chi connectivity index (χ3v) is 14.1. The summed E-state index contributed by atoms with van der Waals surface area (Å²) in [4.78, 5) is 2.44. The number of benzene rings is 11. The van der Waals surface area contributed by atoms with Crippen LogP contribution in [0.1, 0.15) is 22.3 Å². The molecule has 0 spiro atoms. The molecule has 2 heterocycles. The topological polar surface area (TPSA) is 29.5 Å². The summed E-state index contributed by atoms with van der Waals surface area (Å²) in [6, 6.07) is 85.9. The molecule has 1 aliphatic carbocycles. The van der Waals surface area contributed by atoms with Crippen molar-refractivity contribution in [2.24, 2.45) is 0 Å². The fourth-order valence-corrected chi connectivity index (χ4v) is 11.4. The van der Waals surface area contributed by atoms with Gasteiger partial charge in [0.15, 0.2) is 0 Å². The second-order valence-electron chi connectivity index (χ2n) is 17.5. The summed E-state index contributed by atoms with van der Waals surface area (Å²) in [5.41, 5.74) is 15.5. The Bertz CT molecular complexity index is 4010. The van der Waals surface area contributed by atoms with Crippen molar-refractivity contribution in [3.63, 3.8) is 0 Å². The number of hydrogen-bond acceptors (Lipinski definition) is 3. The van der Waals surface area contributed by atoms with E-state index in [1.165, 1.54) is 49.5 Å². The molecule has 0 saturated heterocycles. The van der Waals surface area contributed by atoms with E-state index in [-0.39, 0.29) is 0 Å². The molecule has 0 bridgehead atoms. The van der Waals surface area contributed by atoms with E-state index in [4.69, 9.17) is 8.83 Å². The molecular weight excluding hydrogens is 803 g/mol. The smallest absolute Gasteiger partial charge is 0.145 e. The fraction of sp³-hybridized carbons (Fsp3) is 0.0159. The standard InChI is InChI=1S/C63H39NO2/c1-4-19-41(20-5-1)63(42-21-6-2-7-22-42)53-30-16-14-28-48(53)49-33-32-44(39-54(49)63)64(43-23-8-3-9-24-43)55-35-34-51-61-58(37-36-57-60(61)50-29-15-17-31-56(50)65-57)66-62(51)59(55)52-38-40-18-10-11-25-45(40)46-26-12-13-27-47(46)52/h1-39H. The Hall–Kier alpha value is -8.66. The lowest BCUT2D eigenvalue weighted by Gasteiger charge is -2.35. The van der Waals surface area contributed by atoms with Gasteiger partial charge in [-0.2, -0.15) is 0 Å². The largest absolute Gasteiger partial charge is 0.456 e. The van der Waals surface area contributed by atoms with Crippen LogP contribution in [0.3, 0.4) is 0 Å². The van der Waals surface area contributed by atoms with E-state index in [9.17, 15) is 0 Å². The lowest BCUT2D eigenvalue weighted by Crippen LogP contribution is -2.28. The number of hydrogen-bond donors (Lipinski definition) is 0. The highest BCUT2D eigenvalue weighted by Gasteiger charge is 2.46. The normalized spacial score (nSPS) is 13.0. The molecule has 2 aromatic heterocycles. The van der Waals surface area contributed by atoms with Crippen LogP contribution >= 0.6 is 0 Å². The molecule has 0 saturated carbocycles. The molecule has 0 fully saturated rings. The predicted molar refractivity (Wildman–Crippen MR) is 273 cm³/mol. The third kappa shape index (κ3) is 5.14. The van der Waals surface area contributed by atoms with Crippen LogP contribution in [-0.2, 0) is 5.41 Å². The Morgan fingerprint density at radius 2 is 0.924 bits per heavy atom. The first-order chi connectivity index (χ1) is 32.8. The van der Waals surface area contributed by atoms with Crippen molar-refractivity contribution in [1.29, 1.82) is 0 Å². The SMILES string of the molecule is c1ccc(N(c2ccc3c(c2)C(c2ccccc2)(c2ccccc2)c2ccccc2-3)c2ccc3c(oc4ccc5oc6ccccc6c5c43)c2-c2cc3ccccc3c3ccccc23)cc1. The first-order valence-electron chi connectivity index (χ1n) is 22.7. The number of para-hydroxylation sites is 2. The van der Waals surface area contributed by atoms with E-state index in [0.29, 0.717) is 0 Å². The van der Waals surface area contributed by atoms with Crippen LogP contribution in [0.15, 0.2) is 245 Å². The molecule has 13 aromatic rings. The second-order valence-corrected chi connectivity index (χ2v) is 17.5. The van der Waals surface area contributed by atoms with Crippen molar-refractivity contribution in [3.05, 3.63) is 259 Å². The van der Waals surface area contributed by atoms with E-state index in [1.54, 1.807) is 0 Å². The predicted octanol–water partition coefficient (Wildman–Crippen LogP) is 17.3. The van der Waals surface area contributed by atoms with Gasteiger partial charge in [-0.1, -0.05) is 176 Å². The van der Waals surface area contributed by atoms with Crippen molar-refractivity contribution in [2.75, 3.05) is 4.90 Å². The van der Waals surface area contributed by atoms with Gasteiger partial charge in [-0.25, -0.2) is 0 Å². The van der Waals surface area contributed by atoms with Gasteiger partial charge in [0.1, 0.15) is 22.3 Å². The molecule has 1 aliphatic rings. The maximum atomic E-state index is 7.28. The molecular formula is C63H39NO2. The Labute approximate surface area is 381 Å². The summed E-state index contributed by atoms with van der Waals surface area (Å²) in [5, 5.41) is 9.00. The van der Waals surface area contributed by atoms with Crippen LogP contribution < -0.4 is 4.90 Å². The molecule has 66 heavy (non-hydrogen) atoms. The minimum Gasteiger partial charge on any atom is -0.456 e. The van der Waals surface area contributed by atoms with E-state index in [0.717, 1.165) is 77.5 Å². The van der Waals surface area contributed by atoms with E-state index >= 15 is 0 Å². The van der Waals surface area contributed by atoms with Gasteiger partial charge in [-0.15, -0.1) is 0 Å². The molecule has 0 unspecified atom stereocenters. The van der Waals surface area contributed by atoms with Gasteiger partial charge in [-0.05, 0) is 121 Å². The highest BCUT2D eigenvalue weighted by atomic mass is 16.3. The highest BCUT2D eigenvalue weighted by Crippen LogP contribution is 2.58. The summed E-state index contributed by atoms with van der Waals surface area (Å²) in [7, 11) is 0. The van der Waals surface area contributed by atoms with Gasteiger partial charge in [0.05, 0.1) is 11.1 Å². The monoisotopic (exact) mass is 841 g/mol. The molecule has 0 atom stereocenters. The van der Waals surface area contributed by atoms with Crippen LogP contribution in [0, 0.1) is 0 Å². The lowest BCUT2D eigenvalue weighted by atomic mass is 9.67. The van der Waals surface area contributed by atoms with Gasteiger partial charge >= 0.3 is 0 Å². The van der Waals surface area contributed by atoms with Crippen LogP contribution in [-0.4, -0.2) is 0 Å². The van der Waals surface area contributed by atoms with Crippen LogP contribution in [0.4, 0.5) is 17.1 Å². The summed E-state index contributed by atoms with van der Waals surface area (Å²) in [6.45, 7) is 0. The zero-order valence-corrected chi connectivity index (χ0v) is 35.8. The van der Waals surface area contributed by atoms with Crippen LogP contribution in [0.25, 0.3) is 87.7 Å². The Kier molecular flexibility index (Phi) is 7.90. The molecule has 3 nitrogen and oxygen atoms in total. The van der Waals surface area contributed by atoms with Crippen molar-refractivity contribution in [2.45, 2.75) is 5.41 Å². The lowest BCUT2D eigenvalue weighted by molar-refractivity contribution is 0.663. The van der Waals surface area contributed by atoms with Crippen LogP contribution in [0.5, 0.6) is 0 Å². The number of furan rings is 2. The summed E-state index contributed by atoms with van der Waals surface area (Å²) in [6.07, 6.45) is 0. The van der Waals surface area contributed by atoms with Crippen molar-refractivity contribution in [1.82, 2.24) is 0 Å². The van der Waals surface area contributed by atoms with E-state index in [2.05, 4.69) is 229 Å². The second kappa shape index (κ2) is 14.2. The maximum Gasteiger partial charge on any atom is 0.145 e. The molecule has 14 rings (SSSR count). The summed E-state index contributed by atoms with van der Waals surface area (Å²) < 4.78 is 13.8. The van der Waals surface area contributed by atoms with E-state index < -0.39 is 5.41 Å². The summed E-state index contributed by atoms with van der Waals surface area (Å²) >= 11 is 0. The van der Waals surface area contributed by atoms with Crippen molar-refractivity contribution in [3.8, 4) is 22.3 Å². The van der Waals surface area contributed by atoms with Crippen LogP contribution in [0.2, 0.25) is 0 Å². The molecule has 3 heteroatoms. The molecule has 308 valence electrons. The zero-order valence-electron chi connectivity index (χ0n) is 35.8. The number of fused-ring (bicyclic) bond motifs is 13.